The molecule has 2 aromatic carbocycles. The first-order valence-corrected chi connectivity index (χ1v) is 7.17. The first kappa shape index (κ1) is 12.6. The van der Waals surface area contributed by atoms with Gasteiger partial charge in [0.15, 0.2) is 5.78 Å². The van der Waals surface area contributed by atoms with Crippen LogP contribution in [-0.4, -0.2) is 5.78 Å². The van der Waals surface area contributed by atoms with Crippen molar-refractivity contribution in [3.8, 4) is 11.5 Å². The molecule has 3 heteroatoms. The second-order valence-corrected chi connectivity index (χ2v) is 5.06. The third kappa shape index (κ3) is 2.78. The van der Waals surface area contributed by atoms with Gasteiger partial charge in [0.2, 0.25) is 0 Å². The van der Waals surface area contributed by atoms with Crippen LogP contribution in [0.25, 0.3) is 0 Å². The van der Waals surface area contributed by atoms with Gasteiger partial charge in [-0.15, -0.1) is 0 Å². The SMILES string of the molecule is O=C(c1ccc(Oc2ccccc2)cc1)c1ccsc1. The molecule has 0 atom stereocenters. The molecule has 20 heavy (non-hydrogen) atoms. The van der Waals surface area contributed by atoms with E-state index in [0.717, 1.165) is 17.1 Å². The van der Waals surface area contributed by atoms with Gasteiger partial charge in [-0.05, 0) is 47.8 Å². The van der Waals surface area contributed by atoms with E-state index in [-0.39, 0.29) is 5.78 Å². The molecule has 0 amide bonds. The summed E-state index contributed by atoms with van der Waals surface area (Å²) < 4.78 is 5.69. The molecular weight excluding hydrogens is 268 g/mol. The smallest absolute Gasteiger partial charge is 0.193 e. The molecule has 0 fully saturated rings. The largest absolute Gasteiger partial charge is 0.457 e. The highest BCUT2D eigenvalue weighted by Crippen LogP contribution is 2.22. The molecule has 0 saturated heterocycles. The van der Waals surface area contributed by atoms with Gasteiger partial charge in [0.25, 0.3) is 0 Å². The van der Waals surface area contributed by atoms with Crippen molar-refractivity contribution in [1.82, 2.24) is 0 Å². The summed E-state index contributed by atoms with van der Waals surface area (Å²) in [5, 5.41) is 3.76. The van der Waals surface area contributed by atoms with Gasteiger partial charge in [0.05, 0.1) is 0 Å². The zero-order valence-corrected chi connectivity index (χ0v) is 11.5. The lowest BCUT2D eigenvalue weighted by Crippen LogP contribution is -1.98. The topological polar surface area (TPSA) is 26.3 Å². The maximum atomic E-state index is 12.1. The average molecular weight is 280 g/mol. The summed E-state index contributed by atoms with van der Waals surface area (Å²) in [6, 6.07) is 18.6. The summed E-state index contributed by atoms with van der Waals surface area (Å²) in [5.41, 5.74) is 1.40. The van der Waals surface area contributed by atoms with Crippen LogP contribution in [-0.2, 0) is 0 Å². The van der Waals surface area contributed by atoms with Gasteiger partial charge in [-0.2, -0.15) is 11.3 Å². The molecule has 0 unspecified atom stereocenters. The highest BCUT2D eigenvalue weighted by molar-refractivity contribution is 7.08. The molecular formula is C17H12O2S. The molecule has 0 saturated carbocycles. The predicted molar refractivity (Wildman–Crippen MR) is 80.7 cm³/mol. The highest BCUT2D eigenvalue weighted by atomic mass is 32.1. The Kier molecular flexibility index (Phi) is 3.61. The molecule has 2 nitrogen and oxygen atoms in total. The quantitative estimate of drug-likeness (QED) is 0.643. The van der Waals surface area contributed by atoms with E-state index in [4.69, 9.17) is 4.74 Å². The third-order valence-electron chi connectivity index (χ3n) is 2.88. The fourth-order valence-corrected chi connectivity index (χ4v) is 2.50. The second-order valence-electron chi connectivity index (χ2n) is 4.28. The Morgan fingerprint density at radius 2 is 1.50 bits per heavy atom. The van der Waals surface area contributed by atoms with E-state index in [2.05, 4.69) is 0 Å². The van der Waals surface area contributed by atoms with Crippen LogP contribution in [0.3, 0.4) is 0 Å². The van der Waals surface area contributed by atoms with Crippen LogP contribution in [0.5, 0.6) is 11.5 Å². The highest BCUT2D eigenvalue weighted by Gasteiger charge is 2.09. The minimum absolute atomic E-state index is 0.0394. The van der Waals surface area contributed by atoms with Crippen molar-refractivity contribution in [3.05, 3.63) is 82.6 Å². The first-order valence-electron chi connectivity index (χ1n) is 6.23. The molecule has 0 aliphatic rings. The molecule has 1 heterocycles. The van der Waals surface area contributed by atoms with E-state index >= 15 is 0 Å². The minimum Gasteiger partial charge on any atom is -0.457 e. The van der Waals surface area contributed by atoms with Gasteiger partial charge >= 0.3 is 0 Å². The molecule has 3 rings (SSSR count). The van der Waals surface area contributed by atoms with Crippen LogP contribution in [0, 0.1) is 0 Å². The fourth-order valence-electron chi connectivity index (χ4n) is 1.86. The van der Waals surface area contributed by atoms with E-state index in [0.29, 0.717) is 5.56 Å². The molecule has 3 aromatic rings. The summed E-state index contributed by atoms with van der Waals surface area (Å²) in [6.07, 6.45) is 0. The molecule has 0 N–H and O–H groups in total. The lowest BCUT2D eigenvalue weighted by Gasteiger charge is -2.06. The standard InChI is InChI=1S/C17H12O2S/c18-17(14-10-11-20-12-14)13-6-8-16(9-7-13)19-15-4-2-1-3-5-15/h1-12H. The number of ketones is 1. The number of hydrogen-bond donors (Lipinski definition) is 0. The Bertz CT molecular complexity index is 686. The summed E-state index contributed by atoms with van der Waals surface area (Å²) in [6.45, 7) is 0. The summed E-state index contributed by atoms with van der Waals surface area (Å²) in [4.78, 5) is 12.1. The number of rotatable bonds is 4. The Labute approximate surface area is 121 Å². The van der Waals surface area contributed by atoms with Crippen LogP contribution in [0.4, 0.5) is 0 Å². The molecule has 0 spiro atoms. The fraction of sp³-hybridized carbons (Fsp3) is 0. The minimum atomic E-state index is 0.0394. The Hall–Kier alpha value is -2.39. The van der Waals surface area contributed by atoms with Gasteiger partial charge in [-0.3, -0.25) is 4.79 Å². The maximum absolute atomic E-state index is 12.1. The zero-order valence-electron chi connectivity index (χ0n) is 10.7. The van der Waals surface area contributed by atoms with Gasteiger partial charge in [0.1, 0.15) is 11.5 Å². The van der Waals surface area contributed by atoms with Gasteiger partial charge in [0, 0.05) is 16.5 Å². The van der Waals surface area contributed by atoms with Crippen molar-refractivity contribution in [2.24, 2.45) is 0 Å². The Morgan fingerprint density at radius 3 is 2.15 bits per heavy atom. The Balaban J connectivity index is 1.76. The third-order valence-corrected chi connectivity index (χ3v) is 3.56. The average Bonchev–Trinajstić information content (AvgIpc) is 3.03. The maximum Gasteiger partial charge on any atom is 0.193 e. The normalized spacial score (nSPS) is 10.2. The monoisotopic (exact) mass is 280 g/mol. The molecule has 0 aliphatic heterocycles. The predicted octanol–water partition coefficient (Wildman–Crippen LogP) is 4.77. The molecule has 1 aromatic heterocycles. The summed E-state index contributed by atoms with van der Waals surface area (Å²) in [5.74, 6) is 1.54. The number of hydrogen-bond acceptors (Lipinski definition) is 3. The van der Waals surface area contributed by atoms with E-state index in [1.807, 2.05) is 59.3 Å². The lowest BCUT2D eigenvalue weighted by molar-refractivity contribution is 0.103. The van der Waals surface area contributed by atoms with Crippen molar-refractivity contribution in [2.75, 3.05) is 0 Å². The van der Waals surface area contributed by atoms with E-state index in [9.17, 15) is 4.79 Å². The van der Waals surface area contributed by atoms with Gasteiger partial charge in [-0.25, -0.2) is 0 Å². The molecule has 0 radical (unpaired) electrons. The van der Waals surface area contributed by atoms with E-state index in [1.165, 1.54) is 11.3 Å². The molecule has 98 valence electrons. The van der Waals surface area contributed by atoms with E-state index < -0.39 is 0 Å². The first-order chi connectivity index (χ1) is 9.83. The van der Waals surface area contributed by atoms with Crippen molar-refractivity contribution in [2.45, 2.75) is 0 Å². The molecule has 0 bridgehead atoms. The van der Waals surface area contributed by atoms with Crippen LogP contribution >= 0.6 is 11.3 Å². The van der Waals surface area contributed by atoms with Crippen molar-refractivity contribution < 1.29 is 9.53 Å². The number of benzene rings is 2. The second kappa shape index (κ2) is 5.72. The number of para-hydroxylation sites is 1. The van der Waals surface area contributed by atoms with Crippen molar-refractivity contribution >= 4 is 17.1 Å². The van der Waals surface area contributed by atoms with Crippen LogP contribution < -0.4 is 4.74 Å². The van der Waals surface area contributed by atoms with Gasteiger partial charge in [-0.1, -0.05) is 18.2 Å². The zero-order chi connectivity index (χ0) is 13.8. The Morgan fingerprint density at radius 1 is 0.800 bits per heavy atom. The summed E-state index contributed by atoms with van der Waals surface area (Å²) in [7, 11) is 0. The van der Waals surface area contributed by atoms with Crippen LogP contribution in [0.2, 0.25) is 0 Å². The number of carbonyl (C=O) groups excluding carboxylic acids is 1. The summed E-state index contributed by atoms with van der Waals surface area (Å²) >= 11 is 1.52. The van der Waals surface area contributed by atoms with Crippen LogP contribution in [0.15, 0.2) is 71.4 Å². The molecule has 0 aliphatic carbocycles. The lowest BCUT2D eigenvalue weighted by atomic mass is 10.1. The van der Waals surface area contributed by atoms with Gasteiger partial charge < -0.3 is 4.74 Å². The van der Waals surface area contributed by atoms with Crippen LogP contribution in [0.1, 0.15) is 15.9 Å². The number of ether oxygens (including phenoxy) is 1. The van der Waals surface area contributed by atoms with E-state index in [1.54, 1.807) is 12.1 Å². The van der Waals surface area contributed by atoms with Crippen molar-refractivity contribution in [1.29, 1.82) is 0 Å². The van der Waals surface area contributed by atoms with Crippen molar-refractivity contribution in [3.63, 3.8) is 0 Å². The number of thiophene rings is 1. The number of carbonyl (C=O) groups is 1.